The molecule has 1 aliphatic rings. The minimum absolute atomic E-state index is 0.00283. The molecule has 0 bridgehead atoms. The molecule has 0 aromatic heterocycles. The van der Waals surface area contributed by atoms with Gasteiger partial charge in [-0.1, -0.05) is 13.3 Å². The van der Waals surface area contributed by atoms with E-state index in [-0.39, 0.29) is 24.3 Å². The number of hydrogen-bond donors (Lipinski definition) is 3. The average molecular weight is 228 g/mol. The summed E-state index contributed by atoms with van der Waals surface area (Å²) in [6.45, 7) is 3.15. The van der Waals surface area contributed by atoms with Gasteiger partial charge in [-0.2, -0.15) is 0 Å². The van der Waals surface area contributed by atoms with E-state index < -0.39 is 5.97 Å². The molecular weight excluding hydrogens is 208 g/mol. The van der Waals surface area contributed by atoms with Gasteiger partial charge < -0.3 is 15.7 Å². The molecule has 1 amide bonds. The van der Waals surface area contributed by atoms with Crippen molar-refractivity contribution >= 4 is 11.9 Å². The molecule has 0 aromatic carbocycles. The van der Waals surface area contributed by atoms with Gasteiger partial charge in [-0.25, -0.2) is 0 Å². The molecule has 92 valence electrons. The van der Waals surface area contributed by atoms with Crippen molar-refractivity contribution in [3.8, 4) is 0 Å². The first kappa shape index (κ1) is 13.0. The molecule has 0 aliphatic carbocycles. The second kappa shape index (κ2) is 6.48. The van der Waals surface area contributed by atoms with Crippen LogP contribution in [0.4, 0.5) is 0 Å². The number of piperidine rings is 1. The van der Waals surface area contributed by atoms with Crippen LogP contribution in [-0.4, -0.2) is 36.1 Å². The molecule has 5 heteroatoms. The van der Waals surface area contributed by atoms with E-state index in [4.69, 9.17) is 5.11 Å². The zero-order chi connectivity index (χ0) is 12.0. The number of hydrogen-bond acceptors (Lipinski definition) is 3. The van der Waals surface area contributed by atoms with Crippen LogP contribution < -0.4 is 10.6 Å². The molecule has 0 saturated carbocycles. The Hall–Kier alpha value is -1.10. The van der Waals surface area contributed by atoms with Gasteiger partial charge in [0, 0.05) is 13.0 Å². The zero-order valence-electron chi connectivity index (χ0n) is 9.66. The molecule has 0 radical (unpaired) electrons. The molecule has 3 N–H and O–H groups in total. The third kappa shape index (κ3) is 4.61. The van der Waals surface area contributed by atoms with Crippen LogP contribution in [0.15, 0.2) is 0 Å². The molecule has 1 aliphatic heterocycles. The number of carboxylic acids is 1. The fourth-order valence-electron chi connectivity index (χ4n) is 1.84. The van der Waals surface area contributed by atoms with Gasteiger partial charge in [0.15, 0.2) is 0 Å². The second-order valence-corrected chi connectivity index (χ2v) is 4.45. The van der Waals surface area contributed by atoms with Crippen molar-refractivity contribution in [2.45, 2.75) is 38.6 Å². The van der Waals surface area contributed by atoms with Gasteiger partial charge in [0.25, 0.3) is 0 Å². The summed E-state index contributed by atoms with van der Waals surface area (Å²) in [6.07, 6.45) is 3.17. The normalized spacial score (nSPS) is 22.4. The van der Waals surface area contributed by atoms with Gasteiger partial charge in [0.2, 0.25) is 5.91 Å². The van der Waals surface area contributed by atoms with Crippen molar-refractivity contribution in [2.24, 2.45) is 5.92 Å². The molecule has 5 nitrogen and oxygen atoms in total. The minimum Gasteiger partial charge on any atom is -0.481 e. The smallest absolute Gasteiger partial charge is 0.303 e. The lowest BCUT2D eigenvalue weighted by Gasteiger charge is -2.23. The van der Waals surface area contributed by atoms with Crippen LogP contribution in [0, 0.1) is 5.92 Å². The van der Waals surface area contributed by atoms with E-state index in [0.29, 0.717) is 6.54 Å². The van der Waals surface area contributed by atoms with Gasteiger partial charge >= 0.3 is 5.97 Å². The maximum atomic E-state index is 11.7. The van der Waals surface area contributed by atoms with E-state index in [1.165, 1.54) is 0 Å². The highest BCUT2D eigenvalue weighted by atomic mass is 16.4. The predicted octanol–water partition coefficient (Wildman–Crippen LogP) is 0.356. The topological polar surface area (TPSA) is 78.4 Å². The number of amides is 1. The average Bonchev–Trinajstić information content (AvgIpc) is 2.26. The molecule has 0 spiro atoms. The van der Waals surface area contributed by atoms with E-state index in [2.05, 4.69) is 10.6 Å². The van der Waals surface area contributed by atoms with Crippen LogP contribution >= 0.6 is 0 Å². The van der Waals surface area contributed by atoms with Gasteiger partial charge in [0.1, 0.15) is 0 Å². The van der Waals surface area contributed by atoms with Crippen LogP contribution in [0.25, 0.3) is 0 Å². The fourth-order valence-corrected chi connectivity index (χ4v) is 1.84. The maximum Gasteiger partial charge on any atom is 0.303 e. The van der Waals surface area contributed by atoms with Crippen LogP contribution in [0.1, 0.15) is 32.6 Å². The molecule has 2 atom stereocenters. The summed E-state index contributed by atoms with van der Waals surface area (Å²) in [4.78, 5) is 22.1. The third-order valence-electron chi connectivity index (χ3n) is 2.77. The highest BCUT2D eigenvalue weighted by molar-refractivity contribution is 5.81. The Morgan fingerprint density at radius 2 is 2.25 bits per heavy atom. The zero-order valence-corrected chi connectivity index (χ0v) is 9.66. The molecule has 1 fully saturated rings. The standard InChI is InChI=1S/C11H20N2O3/c1-8(6-10(14)15)7-13-11(16)9-4-2-3-5-12-9/h8-9,12H,2-7H2,1H3,(H,13,16)(H,14,15)/t8?,9-/m0/s1. The monoisotopic (exact) mass is 228 g/mol. The van der Waals surface area contributed by atoms with Crippen molar-refractivity contribution in [3.05, 3.63) is 0 Å². The number of aliphatic carboxylic acids is 1. The maximum absolute atomic E-state index is 11.7. The van der Waals surface area contributed by atoms with Crippen LogP contribution in [0.5, 0.6) is 0 Å². The molecule has 16 heavy (non-hydrogen) atoms. The van der Waals surface area contributed by atoms with Crippen LogP contribution in [0.3, 0.4) is 0 Å². The van der Waals surface area contributed by atoms with E-state index in [1.807, 2.05) is 6.92 Å². The first-order valence-corrected chi connectivity index (χ1v) is 5.82. The second-order valence-electron chi connectivity index (χ2n) is 4.45. The van der Waals surface area contributed by atoms with Crippen LogP contribution in [-0.2, 0) is 9.59 Å². The third-order valence-corrected chi connectivity index (χ3v) is 2.77. The SMILES string of the molecule is CC(CNC(=O)[C@@H]1CCCCN1)CC(=O)O. The molecule has 1 unspecified atom stereocenters. The van der Waals surface area contributed by atoms with Crippen molar-refractivity contribution < 1.29 is 14.7 Å². The van der Waals surface area contributed by atoms with Gasteiger partial charge in [-0.05, 0) is 25.3 Å². The van der Waals surface area contributed by atoms with Gasteiger partial charge in [0.05, 0.1) is 6.04 Å². The minimum atomic E-state index is -0.822. The number of carboxylic acid groups (broad SMARTS) is 1. The van der Waals surface area contributed by atoms with Crippen LogP contribution in [0.2, 0.25) is 0 Å². The Kier molecular flexibility index (Phi) is 5.25. The lowest BCUT2D eigenvalue weighted by molar-refractivity contribution is -0.138. The Morgan fingerprint density at radius 3 is 2.81 bits per heavy atom. The van der Waals surface area contributed by atoms with E-state index in [0.717, 1.165) is 25.8 Å². The number of carbonyl (C=O) groups excluding carboxylic acids is 1. The number of rotatable bonds is 5. The van der Waals surface area contributed by atoms with E-state index >= 15 is 0 Å². The number of carbonyl (C=O) groups is 2. The quantitative estimate of drug-likeness (QED) is 0.634. The first-order chi connectivity index (χ1) is 7.59. The van der Waals surface area contributed by atoms with Crippen molar-refractivity contribution in [3.63, 3.8) is 0 Å². The number of nitrogens with one attached hydrogen (secondary N) is 2. The molecule has 1 heterocycles. The lowest BCUT2D eigenvalue weighted by atomic mass is 10.0. The Morgan fingerprint density at radius 1 is 1.50 bits per heavy atom. The summed E-state index contributed by atoms with van der Waals surface area (Å²) < 4.78 is 0. The Bertz CT molecular complexity index is 250. The predicted molar refractivity (Wildman–Crippen MR) is 60.1 cm³/mol. The summed E-state index contributed by atoms with van der Waals surface area (Å²) in [6, 6.07) is -0.0919. The summed E-state index contributed by atoms with van der Waals surface area (Å²) >= 11 is 0. The first-order valence-electron chi connectivity index (χ1n) is 5.82. The summed E-state index contributed by atoms with van der Waals surface area (Å²) in [5.41, 5.74) is 0. The molecular formula is C11H20N2O3. The van der Waals surface area contributed by atoms with Gasteiger partial charge in [-0.15, -0.1) is 0 Å². The van der Waals surface area contributed by atoms with Gasteiger partial charge in [-0.3, -0.25) is 9.59 Å². The summed E-state index contributed by atoms with van der Waals surface area (Å²) in [5, 5.41) is 14.5. The van der Waals surface area contributed by atoms with E-state index in [1.54, 1.807) is 0 Å². The largest absolute Gasteiger partial charge is 0.481 e. The van der Waals surface area contributed by atoms with Crippen molar-refractivity contribution in [1.82, 2.24) is 10.6 Å². The summed E-state index contributed by atoms with van der Waals surface area (Å²) in [7, 11) is 0. The van der Waals surface area contributed by atoms with Crippen molar-refractivity contribution in [1.29, 1.82) is 0 Å². The highest BCUT2D eigenvalue weighted by Gasteiger charge is 2.20. The summed E-state index contributed by atoms with van der Waals surface area (Å²) in [5.74, 6) is -0.848. The highest BCUT2D eigenvalue weighted by Crippen LogP contribution is 2.07. The molecule has 1 saturated heterocycles. The van der Waals surface area contributed by atoms with Crippen molar-refractivity contribution in [2.75, 3.05) is 13.1 Å². The fraction of sp³-hybridized carbons (Fsp3) is 0.818. The molecule has 1 rings (SSSR count). The Labute approximate surface area is 95.6 Å². The Balaban J connectivity index is 2.20. The lowest BCUT2D eigenvalue weighted by Crippen LogP contribution is -2.47. The van der Waals surface area contributed by atoms with E-state index in [9.17, 15) is 9.59 Å². The molecule has 0 aromatic rings.